The highest BCUT2D eigenvalue weighted by Gasteiger charge is 2.29. The smallest absolute Gasteiger partial charge is 0.312 e. The Kier molecular flexibility index (Phi) is 4.69. The highest BCUT2D eigenvalue weighted by molar-refractivity contribution is 5.73. The van der Waals surface area contributed by atoms with Crippen LogP contribution in [0.1, 0.15) is 44.9 Å². The van der Waals surface area contributed by atoms with E-state index in [2.05, 4.69) is 0 Å². The summed E-state index contributed by atoms with van der Waals surface area (Å²) in [6.45, 7) is 8.62. The Labute approximate surface area is 113 Å². The number of hydrogen-bond acceptors (Lipinski definition) is 3. The van der Waals surface area contributed by atoms with Gasteiger partial charge in [-0.05, 0) is 57.9 Å². The van der Waals surface area contributed by atoms with Gasteiger partial charge >= 0.3 is 5.97 Å². The lowest BCUT2D eigenvalue weighted by Crippen LogP contribution is -2.30. The summed E-state index contributed by atoms with van der Waals surface area (Å²) in [6, 6.07) is 4.15. The van der Waals surface area contributed by atoms with E-state index in [0.717, 1.165) is 5.56 Å². The van der Waals surface area contributed by atoms with Gasteiger partial charge in [0.2, 0.25) is 0 Å². The van der Waals surface area contributed by atoms with Gasteiger partial charge in [-0.3, -0.25) is 4.79 Å². The van der Waals surface area contributed by atoms with E-state index in [0.29, 0.717) is 5.56 Å². The van der Waals surface area contributed by atoms with Crippen molar-refractivity contribution in [2.24, 2.45) is 5.92 Å². The molecule has 0 aliphatic carbocycles. The van der Waals surface area contributed by atoms with Crippen LogP contribution in [-0.4, -0.2) is 16.7 Å². The van der Waals surface area contributed by atoms with Crippen LogP contribution in [0.3, 0.4) is 0 Å². The number of hydrogen-bond donors (Lipinski definition) is 1. The summed E-state index contributed by atoms with van der Waals surface area (Å²) in [4.78, 5) is 11.9. The molecule has 106 valence electrons. The first-order valence-electron chi connectivity index (χ1n) is 6.29. The van der Waals surface area contributed by atoms with Gasteiger partial charge in [0.15, 0.2) is 0 Å². The fraction of sp³-hybridized carbons (Fsp3) is 0.533. The molecule has 0 bridgehead atoms. The number of benzene rings is 1. The van der Waals surface area contributed by atoms with Crippen molar-refractivity contribution in [3.63, 3.8) is 0 Å². The van der Waals surface area contributed by atoms with Crippen molar-refractivity contribution in [2.75, 3.05) is 0 Å². The summed E-state index contributed by atoms with van der Waals surface area (Å²) in [7, 11) is 0. The van der Waals surface area contributed by atoms with Gasteiger partial charge in [0.25, 0.3) is 0 Å². The third kappa shape index (κ3) is 4.31. The fourth-order valence-electron chi connectivity index (χ4n) is 1.72. The molecular formula is C15H21FO3. The Morgan fingerprint density at radius 2 is 1.95 bits per heavy atom. The number of rotatable bonds is 3. The standard InChI is InChI=1S/C15H21FO3/c1-9-6-7-11(16)8-12(9)13(17)10(2)14(18)19-15(3,4)5/h6-8,10,13,17H,1-5H3. The maximum Gasteiger partial charge on any atom is 0.312 e. The highest BCUT2D eigenvalue weighted by Crippen LogP contribution is 2.27. The van der Waals surface area contributed by atoms with E-state index in [1.165, 1.54) is 12.1 Å². The quantitative estimate of drug-likeness (QED) is 0.857. The summed E-state index contributed by atoms with van der Waals surface area (Å²) in [5.74, 6) is -1.68. The molecule has 1 N–H and O–H groups in total. The number of carbonyl (C=O) groups is 1. The molecule has 0 saturated heterocycles. The number of aliphatic hydroxyl groups excluding tert-OH is 1. The number of ether oxygens (including phenoxy) is 1. The molecule has 2 atom stereocenters. The van der Waals surface area contributed by atoms with Crippen LogP contribution in [0.5, 0.6) is 0 Å². The molecule has 0 amide bonds. The molecule has 0 aromatic heterocycles. The largest absolute Gasteiger partial charge is 0.460 e. The van der Waals surface area contributed by atoms with Crippen molar-refractivity contribution < 1.29 is 19.0 Å². The molecule has 1 aromatic rings. The summed E-state index contributed by atoms with van der Waals surface area (Å²) in [6.07, 6.45) is -1.08. The number of carbonyl (C=O) groups excluding carboxylic acids is 1. The molecule has 2 unspecified atom stereocenters. The molecule has 0 radical (unpaired) electrons. The van der Waals surface area contributed by atoms with E-state index in [9.17, 15) is 14.3 Å². The Morgan fingerprint density at radius 3 is 2.47 bits per heavy atom. The lowest BCUT2D eigenvalue weighted by molar-refractivity contribution is -0.163. The minimum Gasteiger partial charge on any atom is -0.460 e. The maximum atomic E-state index is 13.2. The zero-order valence-electron chi connectivity index (χ0n) is 12.0. The monoisotopic (exact) mass is 268 g/mol. The molecule has 4 heteroatoms. The second-order valence-electron chi connectivity index (χ2n) is 5.77. The van der Waals surface area contributed by atoms with E-state index in [1.54, 1.807) is 40.7 Å². The topological polar surface area (TPSA) is 46.5 Å². The summed E-state index contributed by atoms with van der Waals surface area (Å²) >= 11 is 0. The van der Waals surface area contributed by atoms with Crippen LogP contribution >= 0.6 is 0 Å². The second-order valence-corrected chi connectivity index (χ2v) is 5.77. The Bertz CT molecular complexity index is 463. The zero-order chi connectivity index (χ0) is 14.8. The molecule has 0 aliphatic heterocycles. The van der Waals surface area contributed by atoms with E-state index in [-0.39, 0.29) is 0 Å². The molecule has 0 aliphatic rings. The molecule has 0 fully saturated rings. The van der Waals surface area contributed by atoms with Gasteiger partial charge in [-0.1, -0.05) is 6.07 Å². The van der Waals surface area contributed by atoms with Crippen LogP contribution in [-0.2, 0) is 9.53 Å². The average molecular weight is 268 g/mol. The van der Waals surface area contributed by atoms with Crippen LogP contribution < -0.4 is 0 Å². The minimum absolute atomic E-state index is 0.415. The Morgan fingerprint density at radius 1 is 1.37 bits per heavy atom. The van der Waals surface area contributed by atoms with Gasteiger partial charge in [-0.2, -0.15) is 0 Å². The van der Waals surface area contributed by atoms with Crippen molar-refractivity contribution in [1.82, 2.24) is 0 Å². The van der Waals surface area contributed by atoms with E-state index >= 15 is 0 Å². The molecule has 3 nitrogen and oxygen atoms in total. The van der Waals surface area contributed by atoms with Gasteiger partial charge in [0.05, 0.1) is 12.0 Å². The van der Waals surface area contributed by atoms with Crippen LogP contribution in [0.4, 0.5) is 4.39 Å². The van der Waals surface area contributed by atoms with Crippen LogP contribution in [0.15, 0.2) is 18.2 Å². The van der Waals surface area contributed by atoms with Gasteiger partial charge in [-0.15, -0.1) is 0 Å². The van der Waals surface area contributed by atoms with Crippen molar-refractivity contribution in [3.8, 4) is 0 Å². The van der Waals surface area contributed by atoms with E-state index in [4.69, 9.17) is 4.74 Å². The predicted molar refractivity (Wildman–Crippen MR) is 71.1 cm³/mol. The van der Waals surface area contributed by atoms with Gasteiger partial charge in [0, 0.05) is 0 Å². The molecular weight excluding hydrogens is 247 g/mol. The summed E-state index contributed by atoms with van der Waals surface area (Å²) in [5, 5.41) is 10.2. The minimum atomic E-state index is -1.08. The zero-order valence-corrected chi connectivity index (χ0v) is 12.0. The van der Waals surface area contributed by atoms with Crippen molar-refractivity contribution >= 4 is 5.97 Å². The first kappa shape index (κ1) is 15.6. The first-order chi connectivity index (χ1) is 8.61. The third-order valence-electron chi connectivity index (χ3n) is 2.81. The maximum absolute atomic E-state index is 13.2. The van der Waals surface area contributed by atoms with Crippen LogP contribution in [0.2, 0.25) is 0 Å². The Hall–Kier alpha value is -1.42. The van der Waals surface area contributed by atoms with Gasteiger partial charge < -0.3 is 9.84 Å². The third-order valence-corrected chi connectivity index (χ3v) is 2.81. The molecule has 1 rings (SSSR count). The fourth-order valence-corrected chi connectivity index (χ4v) is 1.72. The highest BCUT2D eigenvalue weighted by atomic mass is 19.1. The van der Waals surface area contributed by atoms with Crippen LogP contribution in [0, 0.1) is 18.7 Å². The van der Waals surface area contributed by atoms with Gasteiger partial charge in [0.1, 0.15) is 11.4 Å². The van der Waals surface area contributed by atoms with Crippen molar-refractivity contribution in [1.29, 1.82) is 0 Å². The van der Waals surface area contributed by atoms with E-state index < -0.39 is 29.4 Å². The van der Waals surface area contributed by atoms with Crippen molar-refractivity contribution in [3.05, 3.63) is 35.1 Å². The lowest BCUT2D eigenvalue weighted by Gasteiger charge is -2.25. The first-order valence-corrected chi connectivity index (χ1v) is 6.29. The molecule has 0 saturated carbocycles. The normalized spacial score (nSPS) is 14.9. The SMILES string of the molecule is Cc1ccc(F)cc1C(O)C(C)C(=O)OC(C)(C)C. The molecule has 0 spiro atoms. The number of esters is 1. The van der Waals surface area contributed by atoms with Crippen molar-refractivity contribution in [2.45, 2.75) is 46.3 Å². The molecule has 0 heterocycles. The molecule has 1 aromatic carbocycles. The van der Waals surface area contributed by atoms with E-state index in [1.807, 2.05) is 0 Å². The average Bonchev–Trinajstić information content (AvgIpc) is 2.28. The van der Waals surface area contributed by atoms with Gasteiger partial charge in [-0.25, -0.2) is 4.39 Å². The Balaban J connectivity index is 2.90. The molecule has 19 heavy (non-hydrogen) atoms. The predicted octanol–water partition coefficient (Wildman–Crippen LogP) is 3.15. The van der Waals surface area contributed by atoms with Crippen LogP contribution in [0.25, 0.3) is 0 Å². The second kappa shape index (κ2) is 5.70. The summed E-state index contributed by atoms with van der Waals surface area (Å²) in [5.41, 5.74) is 0.546. The number of aryl methyl sites for hydroxylation is 1. The summed E-state index contributed by atoms with van der Waals surface area (Å²) < 4.78 is 18.4. The number of halogens is 1. The number of aliphatic hydroxyl groups is 1. The lowest BCUT2D eigenvalue weighted by atomic mass is 9.94.